The summed E-state index contributed by atoms with van der Waals surface area (Å²) in [5.74, 6) is -0.769. The van der Waals surface area contributed by atoms with E-state index >= 15 is 0 Å². The number of aliphatic hydroxyl groups is 1. The number of benzene rings is 1. The van der Waals surface area contributed by atoms with Crippen molar-refractivity contribution in [3.05, 3.63) is 35.4 Å². The van der Waals surface area contributed by atoms with E-state index in [0.717, 1.165) is 11.1 Å². The Morgan fingerprint density at radius 3 is 2.54 bits per heavy atom. The van der Waals surface area contributed by atoms with Gasteiger partial charge in [0.15, 0.2) is 0 Å². The lowest BCUT2D eigenvalue weighted by molar-refractivity contribution is -0.157. The summed E-state index contributed by atoms with van der Waals surface area (Å²) < 4.78 is 5.38. The summed E-state index contributed by atoms with van der Waals surface area (Å²) in [5, 5.41) is 13.3. The molecule has 0 radical (unpaired) electrons. The molecule has 1 aliphatic rings. The van der Waals surface area contributed by atoms with Crippen LogP contribution >= 0.6 is 0 Å². The van der Waals surface area contributed by atoms with Crippen molar-refractivity contribution >= 4 is 11.9 Å². The number of rotatable bonds is 6. The molecule has 3 atom stereocenters. The van der Waals surface area contributed by atoms with E-state index in [2.05, 4.69) is 5.32 Å². The van der Waals surface area contributed by atoms with E-state index in [1.807, 2.05) is 58.9 Å². The number of carbonyl (C=O) groups excluding carboxylic acids is 2. The third-order valence-electron chi connectivity index (χ3n) is 4.46. The number of carbonyl (C=O) groups is 2. The fourth-order valence-electron chi connectivity index (χ4n) is 3.46. The monoisotopic (exact) mass is 361 g/mol. The second kappa shape index (κ2) is 8.21. The van der Waals surface area contributed by atoms with Crippen molar-refractivity contribution in [3.8, 4) is 0 Å². The summed E-state index contributed by atoms with van der Waals surface area (Å²) in [6, 6.07) is 7.31. The smallest absolute Gasteiger partial charge is 0.307 e. The molecule has 26 heavy (non-hydrogen) atoms. The van der Waals surface area contributed by atoms with E-state index in [1.165, 1.54) is 0 Å². The van der Waals surface area contributed by atoms with Gasteiger partial charge in [0.05, 0.1) is 18.6 Å². The van der Waals surface area contributed by atoms with E-state index < -0.39 is 23.7 Å². The molecule has 5 heteroatoms. The number of amides is 1. The lowest BCUT2D eigenvalue weighted by atomic mass is 9.92. The van der Waals surface area contributed by atoms with E-state index in [9.17, 15) is 14.7 Å². The highest BCUT2D eigenvalue weighted by molar-refractivity contribution is 5.84. The van der Waals surface area contributed by atoms with Crippen molar-refractivity contribution in [1.82, 2.24) is 5.32 Å². The first-order valence-corrected chi connectivity index (χ1v) is 9.35. The second-order valence-corrected chi connectivity index (χ2v) is 8.57. The van der Waals surface area contributed by atoms with E-state index in [4.69, 9.17) is 4.74 Å². The van der Waals surface area contributed by atoms with Crippen LogP contribution in [0.15, 0.2) is 24.3 Å². The van der Waals surface area contributed by atoms with Gasteiger partial charge >= 0.3 is 5.97 Å². The van der Waals surface area contributed by atoms with Gasteiger partial charge in [-0.1, -0.05) is 38.1 Å². The molecule has 0 spiro atoms. The predicted octanol–water partition coefficient (Wildman–Crippen LogP) is 3.16. The minimum absolute atomic E-state index is 0.0474. The normalized spacial score (nSPS) is 20.6. The standard InChI is InChI=1S/C21H31NO4/c1-13(2)10-15(12-18(24)26-21(3,4)5)20(25)22-19-16-9-7-6-8-14(16)11-17(19)23/h6-9,13,15,17,19,23H,10-12H2,1-5H3,(H,22,25)/t15-,17-,19?/m1/s1. The number of aliphatic hydroxyl groups excluding tert-OH is 1. The number of ether oxygens (including phenoxy) is 1. The third-order valence-corrected chi connectivity index (χ3v) is 4.46. The molecule has 0 saturated carbocycles. The van der Waals surface area contributed by atoms with Crippen LogP contribution < -0.4 is 5.32 Å². The molecule has 1 unspecified atom stereocenters. The topological polar surface area (TPSA) is 75.6 Å². The fraction of sp³-hybridized carbons (Fsp3) is 0.619. The Hall–Kier alpha value is -1.88. The van der Waals surface area contributed by atoms with Gasteiger partial charge in [-0.3, -0.25) is 9.59 Å². The number of fused-ring (bicyclic) bond motifs is 1. The van der Waals surface area contributed by atoms with Crippen molar-refractivity contribution in [2.24, 2.45) is 11.8 Å². The van der Waals surface area contributed by atoms with Gasteiger partial charge in [-0.25, -0.2) is 0 Å². The predicted molar refractivity (Wildman–Crippen MR) is 100 cm³/mol. The minimum Gasteiger partial charge on any atom is -0.460 e. The van der Waals surface area contributed by atoms with Crippen LogP contribution in [0.5, 0.6) is 0 Å². The third kappa shape index (κ3) is 5.56. The second-order valence-electron chi connectivity index (χ2n) is 8.57. The molecule has 1 aromatic carbocycles. The first kappa shape index (κ1) is 20.4. The van der Waals surface area contributed by atoms with Gasteiger partial charge in [-0.05, 0) is 44.2 Å². The van der Waals surface area contributed by atoms with Gasteiger partial charge in [-0.2, -0.15) is 0 Å². The zero-order valence-corrected chi connectivity index (χ0v) is 16.4. The van der Waals surface area contributed by atoms with Crippen LogP contribution in [0.2, 0.25) is 0 Å². The largest absolute Gasteiger partial charge is 0.460 e. The lowest BCUT2D eigenvalue weighted by Gasteiger charge is -2.25. The molecule has 0 aromatic heterocycles. The van der Waals surface area contributed by atoms with Crippen LogP contribution in [0.1, 0.15) is 64.6 Å². The van der Waals surface area contributed by atoms with Crippen molar-refractivity contribution in [2.75, 3.05) is 0 Å². The van der Waals surface area contributed by atoms with Crippen LogP contribution in [0.25, 0.3) is 0 Å². The zero-order valence-electron chi connectivity index (χ0n) is 16.4. The Kier molecular flexibility index (Phi) is 6.45. The first-order chi connectivity index (χ1) is 12.1. The van der Waals surface area contributed by atoms with Crippen LogP contribution in [0.3, 0.4) is 0 Å². The summed E-state index contributed by atoms with van der Waals surface area (Å²) in [5.41, 5.74) is 1.43. The SMILES string of the molecule is CC(C)C[C@H](CC(=O)OC(C)(C)C)C(=O)NC1c2ccccc2C[C@H]1O. The van der Waals surface area contributed by atoms with Gasteiger partial charge in [0.1, 0.15) is 5.60 Å². The molecule has 0 saturated heterocycles. The summed E-state index contributed by atoms with van der Waals surface area (Å²) in [6.45, 7) is 9.49. The van der Waals surface area contributed by atoms with Gasteiger partial charge in [-0.15, -0.1) is 0 Å². The highest BCUT2D eigenvalue weighted by Crippen LogP contribution is 2.32. The van der Waals surface area contributed by atoms with Crippen LogP contribution in [0.4, 0.5) is 0 Å². The highest BCUT2D eigenvalue weighted by Gasteiger charge is 2.34. The first-order valence-electron chi connectivity index (χ1n) is 9.35. The number of esters is 1. The van der Waals surface area contributed by atoms with E-state index in [0.29, 0.717) is 12.8 Å². The van der Waals surface area contributed by atoms with Crippen LogP contribution in [-0.2, 0) is 20.7 Å². The summed E-state index contributed by atoms with van der Waals surface area (Å²) in [7, 11) is 0. The Morgan fingerprint density at radius 2 is 1.92 bits per heavy atom. The summed E-state index contributed by atoms with van der Waals surface area (Å²) >= 11 is 0. The molecular weight excluding hydrogens is 330 g/mol. The van der Waals surface area contributed by atoms with Crippen molar-refractivity contribution in [3.63, 3.8) is 0 Å². The van der Waals surface area contributed by atoms with Gasteiger partial charge < -0.3 is 15.2 Å². The number of hydrogen-bond donors (Lipinski definition) is 2. The van der Waals surface area contributed by atoms with Crippen molar-refractivity contribution in [1.29, 1.82) is 0 Å². The number of hydrogen-bond acceptors (Lipinski definition) is 4. The lowest BCUT2D eigenvalue weighted by Crippen LogP contribution is -2.39. The fourth-order valence-corrected chi connectivity index (χ4v) is 3.46. The minimum atomic E-state index is -0.641. The van der Waals surface area contributed by atoms with Crippen LogP contribution in [-0.4, -0.2) is 28.7 Å². The molecule has 5 nitrogen and oxygen atoms in total. The molecule has 2 rings (SSSR count). The Bertz CT molecular complexity index is 648. The molecule has 0 aliphatic heterocycles. The Balaban J connectivity index is 2.08. The molecule has 1 amide bonds. The molecule has 1 aromatic rings. The molecule has 1 aliphatic carbocycles. The maximum Gasteiger partial charge on any atom is 0.307 e. The Labute approximate surface area is 156 Å². The molecule has 0 bridgehead atoms. The molecule has 0 fully saturated rings. The summed E-state index contributed by atoms with van der Waals surface area (Å²) in [6.07, 6.45) is 0.529. The average molecular weight is 361 g/mol. The van der Waals surface area contributed by atoms with Gasteiger partial charge in [0.25, 0.3) is 0 Å². The Morgan fingerprint density at radius 1 is 1.27 bits per heavy atom. The van der Waals surface area contributed by atoms with E-state index in [-0.39, 0.29) is 24.2 Å². The average Bonchev–Trinajstić information content (AvgIpc) is 2.80. The maximum atomic E-state index is 12.9. The quantitative estimate of drug-likeness (QED) is 0.763. The van der Waals surface area contributed by atoms with Crippen LogP contribution in [0, 0.1) is 11.8 Å². The number of nitrogens with one attached hydrogen (secondary N) is 1. The summed E-state index contributed by atoms with van der Waals surface area (Å²) in [4.78, 5) is 25.1. The van der Waals surface area contributed by atoms with E-state index in [1.54, 1.807) is 0 Å². The zero-order chi connectivity index (χ0) is 19.5. The highest BCUT2D eigenvalue weighted by atomic mass is 16.6. The van der Waals surface area contributed by atoms with Gasteiger partial charge in [0.2, 0.25) is 5.91 Å². The van der Waals surface area contributed by atoms with Crippen molar-refractivity contribution in [2.45, 2.75) is 71.6 Å². The molecule has 2 N–H and O–H groups in total. The molecule has 0 heterocycles. The molecular formula is C21H31NO4. The van der Waals surface area contributed by atoms with Crippen molar-refractivity contribution < 1.29 is 19.4 Å². The maximum absolute atomic E-state index is 12.9. The van der Waals surface area contributed by atoms with Gasteiger partial charge in [0, 0.05) is 12.3 Å². The molecule has 144 valence electrons.